The van der Waals surface area contributed by atoms with Gasteiger partial charge in [0.25, 0.3) is 0 Å². The van der Waals surface area contributed by atoms with Crippen molar-refractivity contribution in [2.24, 2.45) is 0 Å². The molecule has 5 nitrogen and oxygen atoms in total. The van der Waals surface area contributed by atoms with Crippen molar-refractivity contribution >= 4 is 44.6 Å². The molecule has 0 radical (unpaired) electrons. The monoisotopic (exact) mass is 952 g/mol. The van der Waals surface area contributed by atoms with E-state index in [-0.39, 0.29) is 49.0 Å². The molecule has 0 fully saturated rings. The maximum atomic E-state index is 8.59. The van der Waals surface area contributed by atoms with Gasteiger partial charge in [0.15, 0.2) is 0 Å². The number of hydrogen-bond acceptors (Lipinski definition) is 4. The molecule has 0 N–H and O–H groups in total. The quantitative estimate of drug-likeness (QED) is 0.149. The van der Waals surface area contributed by atoms with E-state index in [1.807, 2.05) is 72.8 Å². The standard InChI is InChI=1S/C53H41N4O.Pt/c1-36-30-51(54-34-47(36)38-18-9-6-10-19-38)57-48-26-12-11-24-45(48)46-29-28-43(33-50(46)57)58-42-23-14-22-41(32-42)55-35-56(40-21-13-20-39(31-40)53(2,3)4)52-44(25-15-27-49(52)55)37-16-7-5-8-17-37;/h5-31,34-35H,1-4H3;/q-3;/i1D3,6D,9D,10D,18D,19D;. The van der Waals surface area contributed by atoms with E-state index in [0.29, 0.717) is 17.0 Å². The van der Waals surface area contributed by atoms with Crippen LogP contribution in [-0.2, 0) is 26.5 Å². The van der Waals surface area contributed by atoms with E-state index in [1.165, 1.54) is 17.8 Å². The van der Waals surface area contributed by atoms with Crippen LogP contribution in [0.15, 0.2) is 170 Å². The van der Waals surface area contributed by atoms with E-state index in [2.05, 4.69) is 104 Å². The van der Waals surface area contributed by atoms with E-state index in [4.69, 9.17) is 20.7 Å². The number of ether oxygens (including phenoxy) is 1. The van der Waals surface area contributed by atoms with Crippen molar-refractivity contribution in [3.8, 4) is 39.6 Å². The van der Waals surface area contributed by atoms with Gasteiger partial charge in [-0.15, -0.1) is 48.1 Å². The number of nitrogens with zero attached hydrogens (tertiary/aromatic N) is 4. The summed E-state index contributed by atoms with van der Waals surface area (Å²) in [5.41, 5.74) is 7.92. The second-order valence-electron chi connectivity index (χ2n) is 15.2. The van der Waals surface area contributed by atoms with Gasteiger partial charge >= 0.3 is 0 Å². The fourth-order valence-electron chi connectivity index (χ4n) is 7.65. The van der Waals surface area contributed by atoms with Crippen molar-refractivity contribution in [1.29, 1.82) is 0 Å². The number of benzene rings is 7. The van der Waals surface area contributed by atoms with Crippen LogP contribution in [-0.4, -0.2) is 9.55 Å². The molecule has 0 atom stereocenters. The number of fused-ring (bicyclic) bond motifs is 4. The Hall–Kier alpha value is -6.42. The topological polar surface area (TPSA) is 33.5 Å². The Labute approximate surface area is 371 Å². The Kier molecular flexibility index (Phi) is 7.76. The Morgan fingerprint density at radius 3 is 2.31 bits per heavy atom. The summed E-state index contributed by atoms with van der Waals surface area (Å²) in [5.74, 6) is 1.06. The minimum atomic E-state index is -2.74. The molecule has 7 aromatic carbocycles. The SMILES string of the molecule is [2H]c1c([2H])c([2H])c(-c2cnc(-n3c4[c-]c(Oc5[c-]c(N6[CH-]N(c7cccc(C(C)(C)C)c7)c7c(-c8ccccc8)cccc76)ccc5)ccc4c4ccccc43)cc2C([2H])([2H])[2H])c([2H])c1[2H].[Pt]. The Morgan fingerprint density at radius 2 is 1.47 bits per heavy atom. The Bertz CT molecular complexity index is 3360. The van der Waals surface area contributed by atoms with Crippen LogP contribution in [0.4, 0.5) is 22.7 Å². The summed E-state index contributed by atoms with van der Waals surface area (Å²) in [6, 6.07) is 48.1. The number of aromatic nitrogens is 2. The number of para-hydroxylation sites is 2. The molecule has 0 saturated carbocycles. The maximum Gasteiger partial charge on any atom is 0.135 e. The van der Waals surface area contributed by atoms with Gasteiger partial charge in [-0.05, 0) is 70.2 Å². The van der Waals surface area contributed by atoms with Crippen molar-refractivity contribution < 1.29 is 36.8 Å². The van der Waals surface area contributed by atoms with E-state index in [1.54, 1.807) is 4.57 Å². The zero-order valence-electron chi connectivity index (χ0n) is 40.4. The minimum Gasteiger partial charge on any atom is -0.509 e. The molecule has 0 saturated heterocycles. The Morgan fingerprint density at radius 1 is 0.695 bits per heavy atom. The van der Waals surface area contributed by atoms with Gasteiger partial charge in [-0.3, -0.25) is 0 Å². The molecule has 1 aliphatic rings. The first-order chi connectivity index (χ1) is 31.6. The number of rotatable bonds is 7. The average molecular weight is 953 g/mol. The van der Waals surface area contributed by atoms with Gasteiger partial charge in [-0.2, -0.15) is 12.1 Å². The van der Waals surface area contributed by atoms with Crippen LogP contribution >= 0.6 is 0 Å². The predicted molar refractivity (Wildman–Crippen MR) is 239 cm³/mol. The van der Waals surface area contributed by atoms with E-state index < -0.39 is 37.1 Å². The maximum absolute atomic E-state index is 8.59. The van der Waals surface area contributed by atoms with Gasteiger partial charge in [0.05, 0.1) is 6.85 Å². The van der Waals surface area contributed by atoms with Crippen LogP contribution in [0.1, 0.15) is 42.9 Å². The van der Waals surface area contributed by atoms with Crippen LogP contribution in [0, 0.1) is 25.7 Å². The van der Waals surface area contributed by atoms with Crippen molar-refractivity contribution in [1.82, 2.24) is 9.55 Å². The molecular formula is C53H41N4OPt-3. The van der Waals surface area contributed by atoms with Crippen molar-refractivity contribution in [3.63, 3.8) is 0 Å². The first-order valence-electron chi connectivity index (χ1n) is 23.0. The van der Waals surface area contributed by atoms with Gasteiger partial charge < -0.3 is 19.1 Å². The van der Waals surface area contributed by atoms with Crippen LogP contribution in [0.3, 0.4) is 0 Å². The summed E-state index contributed by atoms with van der Waals surface area (Å²) in [6.45, 7) is 5.99. The van der Waals surface area contributed by atoms with Crippen LogP contribution in [0.2, 0.25) is 0 Å². The molecule has 6 heteroatoms. The largest absolute Gasteiger partial charge is 0.509 e. The van der Waals surface area contributed by atoms with Gasteiger partial charge in [0, 0.05) is 76.6 Å². The van der Waals surface area contributed by atoms with E-state index in [0.717, 1.165) is 50.2 Å². The van der Waals surface area contributed by atoms with Crippen molar-refractivity contribution in [3.05, 3.63) is 200 Å². The molecule has 0 amide bonds. The summed E-state index contributed by atoms with van der Waals surface area (Å²) in [6.07, 6.45) is 1.27. The molecule has 0 unspecified atom stereocenters. The third kappa shape index (κ3) is 7.00. The molecule has 1 aliphatic heterocycles. The summed E-state index contributed by atoms with van der Waals surface area (Å²) in [4.78, 5) is 9.04. The molecule has 10 rings (SSSR count). The molecule has 2 aromatic heterocycles. The normalized spacial score (nSPS) is 14.6. The third-order valence-electron chi connectivity index (χ3n) is 10.5. The number of aryl methyl sites for hydroxylation is 1. The number of pyridine rings is 1. The number of anilines is 4. The fraction of sp³-hybridized carbons (Fsp3) is 0.0943. The summed E-state index contributed by atoms with van der Waals surface area (Å²) < 4.78 is 75.6. The minimum absolute atomic E-state index is 0. The second kappa shape index (κ2) is 15.4. The summed E-state index contributed by atoms with van der Waals surface area (Å²) in [5, 5.41) is 1.68. The third-order valence-corrected chi connectivity index (χ3v) is 10.5. The van der Waals surface area contributed by atoms with E-state index in [9.17, 15) is 0 Å². The molecule has 292 valence electrons. The van der Waals surface area contributed by atoms with Gasteiger partial charge in [-0.25, -0.2) is 4.98 Å². The Balaban J connectivity index is 0.00000562. The summed E-state index contributed by atoms with van der Waals surface area (Å²) >= 11 is 0. The molecule has 0 bridgehead atoms. The van der Waals surface area contributed by atoms with Crippen LogP contribution < -0.4 is 14.5 Å². The first-order valence-corrected chi connectivity index (χ1v) is 19.0. The first kappa shape index (κ1) is 29.7. The van der Waals surface area contributed by atoms with Crippen LogP contribution in [0.5, 0.6) is 11.5 Å². The number of hydrogen-bond donors (Lipinski definition) is 0. The zero-order chi connectivity index (χ0) is 46.2. The second-order valence-corrected chi connectivity index (χ2v) is 15.2. The molecule has 9 aromatic rings. The smallest absolute Gasteiger partial charge is 0.135 e. The van der Waals surface area contributed by atoms with Gasteiger partial charge in [0.1, 0.15) is 5.82 Å². The molecule has 0 spiro atoms. The van der Waals surface area contributed by atoms with Crippen LogP contribution in [0.25, 0.3) is 49.9 Å². The molecular weight excluding hydrogens is 904 g/mol. The fourth-order valence-corrected chi connectivity index (χ4v) is 7.65. The molecule has 0 aliphatic carbocycles. The molecule has 59 heavy (non-hydrogen) atoms. The molecule has 3 heterocycles. The zero-order valence-corrected chi connectivity index (χ0v) is 34.6. The van der Waals surface area contributed by atoms with Crippen molar-refractivity contribution in [2.45, 2.75) is 33.0 Å². The van der Waals surface area contributed by atoms with Crippen molar-refractivity contribution in [2.75, 3.05) is 9.80 Å². The predicted octanol–water partition coefficient (Wildman–Crippen LogP) is 13.9. The summed E-state index contributed by atoms with van der Waals surface area (Å²) in [7, 11) is 0. The van der Waals surface area contributed by atoms with E-state index >= 15 is 0 Å². The van der Waals surface area contributed by atoms with Gasteiger partial charge in [0.2, 0.25) is 0 Å². The average Bonchev–Trinajstić information content (AvgIpc) is 3.87. The van der Waals surface area contributed by atoms with Gasteiger partial charge in [-0.1, -0.05) is 129 Å².